The number of nitrogens with one attached hydrogen (secondary N) is 3. The molecule has 3 N–H and O–H groups in total. The molecule has 0 radical (unpaired) electrons. The lowest BCUT2D eigenvalue weighted by atomic mass is 10.1. The minimum atomic E-state index is -3.48. The van der Waals surface area contributed by atoms with E-state index in [1.165, 1.54) is 10.5 Å². The van der Waals surface area contributed by atoms with Gasteiger partial charge in [0.1, 0.15) is 5.39 Å². The molecule has 3 aromatic rings. The van der Waals surface area contributed by atoms with Crippen LogP contribution in [0.5, 0.6) is 0 Å². The predicted octanol–water partition coefficient (Wildman–Crippen LogP) is 1.22. The largest absolute Gasteiger partial charge is 0.353 e. The Balaban J connectivity index is 1.43. The summed E-state index contributed by atoms with van der Waals surface area (Å²) in [5.41, 5.74) is 1.17. The number of H-pyrrole nitrogens is 2. The number of benzene rings is 1. The van der Waals surface area contributed by atoms with Gasteiger partial charge in [0.2, 0.25) is 16.0 Å². The number of aryl methyl sites for hydroxylation is 1. The minimum Gasteiger partial charge on any atom is -0.353 e. The highest BCUT2D eigenvalue weighted by Gasteiger charge is 2.29. The lowest BCUT2D eigenvalue weighted by Crippen LogP contribution is -2.42. The van der Waals surface area contributed by atoms with Crippen LogP contribution in [0.4, 0.5) is 5.95 Å². The molecule has 142 valence electrons. The smallest absolute Gasteiger partial charge is 0.263 e. The van der Waals surface area contributed by atoms with E-state index in [2.05, 4.69) is 25.5 Å². The van der Waals surface area contributed by atoms with E-state index >= 15 is 0 Å². The summed E-state index contributed by atoms with van der Waals surface area (Å²) < 4.78 is 27.0. The standard InChI is InChI=1S/C17H20N6O3S/c1-11-2-4-13(5-3-11)27(25,26)23-8-6-12(7-9-23)19-17-20-15-14(10-18-22-15)16(24)21-17/h2-5,10,12H,6-9H2,1H3,(H3,18,19,20,21,22,24). The molecule has 4 rings (SSSR count). The maximum atomic E-state index is 12.8. The maximum Gasteiger partial charge on any atom is 0.263 e. The number of hydrogen-bond donors (Lipinski definition) is 3. The van der Waals surface area contributed by atoms with Crippen LogP contribution in [-0.4, -0.2) is 52.0 Å². The molecule has 1 saturated heterocycles. The molecule has 10 heteroatoms. The molecule has 1 aromatic carbocycles. The Hall–Kier alpha value is -2.72. The van der Waals surface area contributed by atoms with Crippen molar-refractivity contribution in [2.24, 2.45) is 0 Å². The van der Waals surface area contributed by atoms with Crippen LogP contribution < -0.4 is 10.9 Å². The van der Waals surface area contributed by atoms with E-state index in [9.17, 15) is 13.2 Å². The van der Waals surface area contributed by atoms with E-state index in [0.29, 0.717) is 47.8 Å². The molecule has 27 heavy (non-hydrogen) atoms. The minimum absolute atomic E-state index is 0.0259. The highest BCUT2D eigenvalue weighted by atomic mass is 32.2. The second-order valence-corrected chi connectivity index (χ2v) is 8.62. The monoisotopic (exact) mass is 388 g/mol. The second kappa shape index (κ2) is 6.78. The van der Waals surface area contributed by atoms with Gasteiger partial charge in [-0.3, -0.25) is 14.9 Å². The van der Waals surface area contributed by atoms with Crippen molar-refractivity contribution in [3.63, 3.8) is 0 Å². The van der Waals surface area contributed by atoms with E-state index in [4.69, 9.17) is 0 Å². The maximum absolute atomic E-state index is 12.8. The fourth-order valence-electron chi connectivity index (χ4n) is 3.21. The van der Waals surface area contributed by atoms with E-state index in [0.717, 1.165) is 5.56 Å². The summed E-state index contributed by atoms with van der Waals surface area (Å²) in [6, 6.07) is 6.91. The van der Waals surface area contributed by atoms with Gasteiger partial charge in [-0.05, 0) is 31.9 Å². The fourth-order valence-corrected chi connectivity index (χ4v) is 4.68. The summed E-state index contributed by atoms with van der Waals surface area (Å²) in [5, 5.41) is 10.1. The summed E-state index contributed by atoms with van der Waals surface area (Å²) in [6.07, 6.45) is 2.67. The van der Waals surface area contributed by atoms with Gasteiger partial charge in [-0.2, -0.15) is 14.4 Å². The summed E-state index contributed by atoms with van der Waals surface area (Å²) in [5.74, 6) is 0.358. The van der Waals surface area contributed by atoms with Crippen LogP contribution >= 0.6 is 0 Å². The Morgan fingerprint density at radius 1 is 1.19 bits per heavy atom. The number of hydrogen-bond acceptors (Lipinski definition) is 6. The molecule has 0 aliphatic carbocycles. The Labute approximate surface area is 155 Å². The molecule has 0 saturated carbocycles. The summed E-state index contributed by atoms with van der Waals surface area (Å²) in [7, 11) is -3.48. The first-order chi connectivity index (χ1) is 12.9. The zero-order chi connectivity index (χ0) is 19.0. The van der Waals surface area contributed by atoms with E-state index in [-0.39, 0.29) is 11.6 Å². The Morgan fingerprint density at radius 3 is 2.59 bits per heavy atom. The number of piperidine rings is 1. The molecule has 3 heterocycles. The van der Waals surface area contributed by atoms with E-state index < -0.39 is 10.0 Å². The van der Waals surface area contributed by atoms with Crippen LogP contribution in [-0.2, 0) is 10.0 Å². The summed E-state index contributed by atoms with van der Waals surface area (Å²) in [4.78, 5) is 19.3. The third-order valence-electron chi connectivity index (χ3n) is 4.77. The van der Waals surface area contributed by atoms with Crippen LogP contribution in [0.25, 0.3) is 11.0 Å². The van der Waals surface area contributed by atoms with E-state index in [1.54, 1.807) is 24.3 Å². The number of fused-ring (bicyclic) bond motifs is 1. The van der Waals surface area contributed by atoms with E-state index in [1.807, 2.05) is 6.92 Å². The molecule has 1 fully saturated rings. The van der Waals surface area contributed by atoms with Gasteiger partial charge in [0.05, 0.1) is 11.1 Å². The molecule has 1 aliphatic heterocycles. The molecule has 0 unspecified atom stereocenters. The highest BCUT2D eigenvalue weighted by molar-refractivity contribution is 7.89. The molecule has 1 aliphatic rings. The van der Waals surface area contributed by atoms with Crippen molar-refractivity contribution >= 4 is 27.0 Å². The first-order valence-corrected chi connectivity index (χ1v) is 10.1. The van der Waals surface area contributed by atoms with Gasteiger partial charge in [0, 0.05) is 19.1 Å². The lowest BCUT2D eigenvalue weighted by molar-refractivity contribution is 0.329. The second-order valence-electron chi connectivity index (χ2n) is 6.68. The first kappa shape index (κ1) is 17.7. The highest BCUT2D eigenvalue weighted by Crippen LogP contribution is 2.22. The van der Waals surface area contributed by atoms with Gasteiger partial charge in [0.25, 0.3) is 5.56 Å². The number of sulfonamides is 1. The molecular weight excluding hydrogens is 368 g/mol. The molecule has 0 bridgehead atoms. The van der Waals surface area contributed by atoms with Crippen LogP contribution in [0.3, 0.4) is 0 Å². The van der Waals surface area contributed by atoms with Crippen molar-refractivity contribution in [2.75, 3.05) is 18.4 Å². The van der Waals surface area contributed by atoms with Gasteiger partial charge in [-0.25, -0.2) is 8.42 Å². The fraction of sp³-hybridized carbons (Fsp3) is 0.353. The average Bonchev–Trinajstić information content (AvgIpc) is 3.12. The predicted molar refractivity (Wildman–Crippen MR) is 101 cm³/mol. The average molecular weight is 388 g/mol. The van der Waals surface area contributed by atoms with Crippen molar-refractivity contribution < 1.29 is 8.42 Å². The van der Waals surface area contributed by atoms with Crippen molar-refractivity contribution in [1.29, 1.82) is 0 Å². The zero-order valence-corrected chi connectivity index (χ0v) is 15.6. The third-order valence-corrected chi connectivity index (χ3v) is 6.69. The van der Waals surface area contributed by atoms with Gasteiger partial charge >= 0.3 is 0 Å². The zero-order valence-electron chi connectivity index (χ0n) is 14.8. The van der Waals surface area contributed by atoms with Crippen LogP contribution in [0.15, 0.2) is 40.2 Å². The molecule has 2 aromatic heterocycles. The topological polar surface area (TPSA) is 124 Å². The quantitative estimate of drug-likeness (QED) is 0.617. The van der Waals surface area contributed by atoms with Crippen LogP contribution in [0.2, 0.25) is 0 Å². The Bertz CT molecular complexity index is 1110. The molecule has 0 amide bonds. The van der Waals surface area contributed by atoms with Crippen molar-refractivity contribution in [3.05, 3.63) is 46.4 Å². The first-order valence-electron chi connectivity index (χ1n) is 8.70. The number of aromatic nitrogens is 4. The SMILES string of the molecule is Cc1ccc(S(=O)(=O)N2CCC(Nc3nc4[nH]ncc4c(=O)[nH]3)CC2)cc1. The van der Waals surface area contributed by atoms with Gasteiger partial charge in [-0.15, -0.1) is 0 Å². The summed E-state index contributed by atoms with van der Waals surface area (Å²) in [6.45, 7) is 2.74. The summed E-state index contributed by atoms with van der Waals surface area (Å²) >= 11 is 0. The number of anilines is 1. The van der Waals surface area contributed by atoms with Crippen LogP contribution in [0.1, 0.15) is 18.4 Å². The van der Waals surface area contributed by atoms with Crippen LogP contribution in [0, 0.1) is 6.92 Å². The van der Waals surface area contributed by atoms with Gasteiger partial charge < -0.3 is 5.32 Å². The van der Waals surface area contributed by atoms with Gasteiger partial charge in [0.15, 0.2) is 5.65 Å². The molecule has 0 atom stereocenters. The third kappa shape index (κ3) is 3.45. The Morgan fingerprint density at radius 2 is 1.89 bits per heavy atom. The molecule has 0 spiro atoms. The van der Waals surface area contributed by atoms with Crippen molar-refractivity contribution in [1.82, 2.24) is 24.5 Å². The number of nitrogens with zero attached hydrogens (tertiary/aromatic N) is 3. The number of aromatic amines is 2. The van der Waals surface area contributed by atoms with Gasteiger partial charge in [-0.1, -0.05) is 17.7 Å². The molecule has 9 nitrogen and oxygen atoms in total. The Kier molecular flexibility index (Phi) is 4.44. The normalized spacial score (nSPS) is 16.6. The number of rotatable bonds is 4. The van der Waals surface area contributed by atoms with Crippen molar-refractivity contribution in [3.8, 4) is 0 Å². The van der Waals surface area contributed by atoms with Crippen molar-refractivity contribution in [2.45, 2.75) is 30.7 Å². The molecular formula is C17H20N6O3S. The lowest BCUT2D eigenvalue weighted by Gasteiger charge is -2.31.